The molecule has 0 spiro atoms. The average Bonchev–Trinajstić information content (AvgIpc) is 3.20. The number of hydrogen-bond acceptors (Lipinski definition) is 5. The van der Waals surface area contributed by atoms with Crippen molar-refractivity contribution in [2.24, 2.45) is 12.1 Å². The smallest absolute Gasteiger partial charge is 0.294 e. The van der Waals surface area contributed by atoms with E-state index in [0.717, 1.165) is 22.4 Å². The molecule has 5 rings (SSSR count). The Bertz CT molecular complexity index is 1570. The number of nitrogens with zero attached hydrogens (tertiary/aromatic N) is 6. The van der Waals surface area contributed by atoms with Crippen molar-refractivity contribution in [1.82, 2.24) is 18.7 Å². The summed E-state index contributed by atoms with van der Waals surface area (Å²) in [5, 5.41) is 6.60. The van der Waals surface area contributed by atoms with Crippen LogP contribution in [0.2, 0.25) is 0 Å². The molecule has 0 saturated carbocycles. The number of aryl methyl sites for hydroxylation is 3. The van der Waals surface area contributed by atoms with Gasteiger partial charge in [0, 0.05) is 7.05 Å². The van der Waals surface area contributed by atoms with E-state index in [-0.39, 0.29) is 23.8 Å². The molecule has 4 aromatic rings. The molecule has 0 fully saturated rings. The van der Waals surface area contributed by atoms with E-state index >= 15 is 0 Å². The minimum atomic E-state index is -0.384. The van der Waals surface area contributed by atoms with Gasteiger partial charge in [0.2, 0.25) is 5.95 Å². The lowest BCUT2D eigenvalue weighted by Crippen LogP contribution is -2.40. The monoisotopic (exact) mass is 456 g/mol. The molecule has 1 aliphatic heterocycles. The molecule has 3 heterocycles. The van der Waals surface area contributed by atoms with Gasteiger partial charge in [-0.1, -0.05) is 59.7 Å². The van der Waals surface area contributed by atoms with Gasteiger partial charge in [0.05, 0.1) is 24.8 Å². The van der Waals surface area contributed by atoms with Crippen LogP contribution >= 0.6 is 0 Å². The molecule has 0 aliphatic carbocycles. The number of anilines is 1. The second-order valence-corrected chi connectivity index (χ2v) is 9.14. The van der Waals surface area contributed by atoms with Gasteiger partial charge in [-0.25, -0.2) is 9.80 Å². The number of hydrogen-bond donors (Lipinski definition) is 0. The lowest BCUT2D eigenvalue weighted by atomic mass is 10.1. The predicted molar refractivity (Wildman–Crippen MR) is 135 cm³/mol. The van der Waals surface area contributed by atoms with Crippen molar-refractivity contribution in [1.29, 1.82) is 0 Å². The first-order valence-corrected chi connectivity index (χ1v) is 11.4. The highest BCUT2D eigenvalue weighted by Gasteiger charge is 2.30. The lowest BCUT2D eigenvalue weighted by molar-refractivity contribution is 0.626. The fourth-order valence-corrected chi connectivity index (χ4v) is 4.60. The van der Waals surface area contributed by atoms with Gasteiger partial charge in [-0.3, -0.25) is 18.5 Å². The van der Waals surface area contributed by atoms with E-state index < -0.39 is 0 Å². The largest absolute Gasteiger partial charge is 0.332 e. The van der Waals surface area contributed by atoms with Gasteiger partial charge in [-0.05, 0) is 38.8 Å². The third kappa shape index (κ3) is 3.55. The number of fused-ring (bicyclic) bond motifs is 3. The van der Waals surface area contributed by atoms with Gasteiger partial charge in [0.25, 0.3) is 5.56 Å². The van der Waals surface area contributed by atoms with Crippen LogP contribution in [-0.4, -0.2) is 24.4 Å². The van der Waals surface area contributed by atoms with E-state index in [0.29, 0.717) is 23.7 Å². The Morgan fingerprint density at radius 2 is 1.53 bits per heavy atom. The molecule has 2 aromatic carbocycles. The normalized spacial score (nSPS) is 15.5. The Kier molecular flexibility index (Phi) is 5.23. The highest BCUT2D eigenvalue weighted by atomic mass is 16.2. The molecule has 1 aliphatic rings. The van der Waals surface area contributed by atoms with Crippen molar-refractivity contribution in [2.45, 2.75) is 46.8 Å². The predicted octanol–water partition coefficient (Wildman–Crippen LogP) is 3.52. The summed E-state index contributed by atoms with van der Waals surface area (Å²) >= 11 is 0. The third-order valence-electron chi connectivity index (χ3n) is 6.50. The van der Waals surface area contributed by atoms with E-state index in [4.69, 9.17) is 10.1 Å². The molecule has 34 heavy (non-hydrogen) atoms. The molecule has 1 unspecified atom stereocenters. The van der Waals surface area contributed by atoms with Crippen LogP contribution in [0.5, 0.6) is 0 Å². The van der Waals surface area contributed by atoms with Crippen LogP contribution in [0.15, 0.2) is 63.2 Å². The van der Waals surface area contributed by atoms with Gasteiger partial charge < -0.3 is 0 Å². The topological polar surface area (TPSA) is 77.4 Å². The Balaban J connectivity index is 1.69. The zero-order valence-corrected chi connectivity index (χ0v) is 20.1. The Morgan fingerprint density at radius 1 is 0.912 bits per heavy atom. The summed E-state index contributed by atoms with van der Waals surface area (Å²) in [4.78, 5) is 31.7. The van der Waals surface area contributed by atoms with Crippen LogP contribution in [0.3, 0.4) is 0 Å². The van der Waals surface area contributed by atoms with Crippen molar-refractivity contribution in [3.8, 4) is 0 Å². The van der Waals surface area contributed by atoms with Gasteiger partial charge in [0.15, 0.2) is 11.2 Å². The van der Waals surface area contributed by atoms with E-state index in [1.165, 1.54) is 14.7 Å². The number of benzene rings is 2. The number of rotatable bonds is 4. The number of hydrazone groups is 1. The van der Waals surface area contributed by atoms with E-state index in [2.05, 4.69) is 19.1 Å². The highest BCUT2D eigenvalue weighted by molar-refractivity contribution is 5.91. The zero-order valence-electron chi connectivity index (χ0n) is 20.1. The molecular formula is C26H28N6O2. The van der Waals surface area contributed by atoms with E-state index in [1.807, 2.05) is 66.7 Å². The number of imidazole rings is 1. The molecule has 174 valence electrons. The van der Waals surface area contributed by atoms with Gasteiger partial charge in [0.1, 0.15) is 0 Å². The van der Waals surface area contributed by atoms with Crippen molar-refractivity contribution in [2.75, 3.05) is 5.01 Å². The highest BCUT2D eigenvalue weighted by Crippen LogP contribution is 2.31. The SMILES string of the molecule is CC1=NN(Cc2cccc(C)c2)c2nc3c(c(=O)n(Cc4cccc(C)c4)c(=O)n3C)n2C1C. The maximum Gasteiger partial charge on any atom is 0.332 e. The van der Waals surface area contributed by atoms with Gasteiger partial charge in [-0.2, -0.15) is 10.1 Å². The lowest BCUT2D eigenvalue weighted by Gasteiger charge is -2.29. The number of aromatic nitrogens is 4. The first-order valence-electron chi connectivity index (χ1n) is 11.4. The summed E-state index contributed by atoms with van der Waals surface area (Å²) in [6.45, 7) is 8.73. The van der Waals surface area contributed by atoms with Crippen LogP contribution in [0.25, 0.3) is 11.2 Å². The summed E-state index contributed by atoms with van der Waals surface area (Å²) in [6, 6.07) is 15.9. The third-order valence-corrected chi connectivity index (χ3v) is 6.50. The molecule has 0 N–H and O–H groups in total. The summed E-state index contributed by atoms with van der Waals surface area (Å²) in [5.41, 5.74) is 5.19. The molecule has 0 bridgehead atoms. The van der Waals surface area contributed by atoms with E-state index in [9.17, 15) is 9.59 Å². The van der Waals surface area contributed by atoms with Crippen molar-refractivity contribution in [3.63, 3.8) is 0 Å². The standard InChI is InChI=1S/C26H28N6O2/c1-16-8-6-10-20(12-16)14-30-24(33)22-23(29(5)26(30)34)27-25-31(28-18(3)19(4)32(22)25)15-21-11-7-9-17(2)13-21/h6-13,19H,14-15H2,1-5H3. The molecule has 2 aromatic heterocycles. The molecule has 0 radical (unpaired) electrons. The molecule has 8 nitrogen and oxygen atoms in total. The quantitative estimate of drug-likeness (QED) is 0.471. The van der Waals surface area contributed by atoms with Crippen molar-refractivity contribution >= 4 is 22.8 Å². The Morgan fingerprint density at radius 3 is 2.15 bits per heavy atom. The molecule has 0 amide bonds. The molecule has 8 heteroatoms. The second-order valence-electron chi connectivity index (χ2n) is 9.14. The summed E-state index contributed by atoms with van der Waals surface area (Å²) in [5.74, 6) is 0.565. The fraction of sp³-hybridized carbons (Fsp3) is 0.308. The average molecular weight is 457 g/mol. The molecular weight excluding hydrogens is 428 g/mol. The van der Waals surface area contributed by atoms with E-state index in [1.54, 1.807) is 7.05 Å². The minimum Gasteiger partial charge on any atom is -0.294 e. The van der Waals surface area contributed by atoms with Crippen LogP contribution in [-0.2, 0) is 20.1 Å². The Labute approximate surface area is 197 Å². The summed E-state index contributed by atoms with van der Waals surface area (Å²) in [7, 11) is 1.67. The van der Waals surface area contributed by atoms with Crippen LogP contribution in [0.1, 0.15) is 42.1 Å². The minimum absolute atomic E-state index is 0.161. The van der Waals surface area contributed by atoms with Crippen molar-refractivity contribution < 1.29 is 0 Å². The maximum atomic E-state index is 13.7. The fourth-order valence-electron chi connectivity index (χ4n) is 4.60. The first kappa shape index (κ1) is 21.9. The Hall–Kier alpha value is -3.94. The van der Waals surface area contributed by atoms with Gasteiger partial charge >= 0.3 is 5.69 Å². The molecule has 1 atom stereocenters. The van der Waals surface area contributed by atoms with Crippen LogP contribution in [0.4, 0.5) is 5.95 Å². The van der Waals surface area contributed by atoms with Crippen LogP contribution in [0, 0.1) is 13.8 Å². The zero-order chi connectivity index (χ0) is 24.1. The first-order chi connectivity index (χ1) is 16.2. The second kappa shape index (κ2) is 8.13. The van der Waals surface area contributed by atoms with Crippen LogP contribution < -0.4 is 16.3 Å². The molecule has 0 saturated heterocycles. The summed E-state index contributed by atoms with van der Waals surface area (Å²) < 4.78 is 4.68. The summed E-state index contributed by atoms with van der Waals surface area (Å²) in [6.07, 6.45) is 0. The van der Waals surface area contributed by atoms with Crippen molar-refractivity contribution in [3.05, 3.63) is 91.6 Å². The van der Waals surface area contributed by atoms with Gasteiger partial charge in [-0.15, -0.1) is 0 Å². The maximum absolute atomic E-state index is 13.7.